The fourth-order valence-electron chi connectivity index (χ4n) is 2.25. The van der Waals surface area contributed by atoms with Crippen LogP contribution in [0.1, 0.15) is 12.5 Å². The summed E-state index contributed by atoms with van der Waals surface area (Å²) >= 11 is 0. The number of hydrogen-bond donors (Lipinski definition) is 0. The Morgan fingerprint density at radius 1 is 1.18 bits per heavy atom. The highest BCUT2D eigenvalue weighted by Gasteiger charge is 2.18. The van der Waals surface area contributed by atoms with E-state index in [2.05, 4.69) is 6.58 Å². The lowest BCUT2D eigenvalue weighted by Crippen LogP contribution is -2.15. The smallest absolute Gasteiger partial charge is 0.338 e. The molecule has 0 aliphatic carbocycles. The first-order chi connectivity index (χ1) is 10.3. The Morgan fingerprint density at radius 2 is 1.86 bits per heavy atom. The van der Waals surface area contributed by atoms with Crippen LogP contribution >= 0.6 is 0 Å². The molecule has 116 valence electrons. The van der Waals surface area contributed by atoms with Crippen molar-refractivity contribution in [3.8, 4) is 11.5 Å². The standard InChI is InChI=1S/C18H21NO3/c1-11(2)18(20)22-17-13-8-7-12(3)9-14(13)16(21-6)10-15(17)19(4)5/h7-10H,1H2,2-6H3. The summed E-state index contributed by atoms with van der Waals surface area (Å²) in [4.78, 5) is 13.9. The van der Waals surface area contributed by atoms with Gasteiger partial charge in [0.2, 0.25) is 0 Å². The van der Waals surface area contributed by atoms with E-state index in [9.17, 15) is 4.79 Å². The van der Waals surface area contributed by atoms with E-state index < -0.39 is 5.97 Å². The summed E-state index contributed by atoms with van der Waals surface area (Å²) in [5.74, 6) is 0.835. The quantitative estimate of drug-likeness (QED) is 0.490. The Morgan fingerprint density at radius 3 is 2.41 bits per heavy atom. The number of hydrogen-bond acceptors (Lipinski definition) is 4. The van der Waals surface area contributed by atoms with Crippen LogP contribution in [0.4, 0.5) is 5.69 Å². The SMILES string of the molecule is C=C(C)C(=O)Oc1c(N(C)C)cc(OC)c2cc(C)ccc12. The molecule has 0 amide bonds. The highest BCUT2D eigenvalue weighted by molar-refractivity contribution is 6.01. The first-order valence-corrected chi connectivity index (χ1v) is 7.01. The van der Waals surface area contributed by atoms with Crippen LogP contribution in [-0.4, -0.2) is 27.2 Å². The van der Waals surface area contributed by atoms with Crippen molar-refractivity contribution in [3.63, 3.8) is 0 Å². The fraction of sp³-hybridized carbons (Fsp3) is 0.278. The molecule has 4 heteroatoms. The van der Waals surface area contributed by atoms with Crippen LogP contribution in [0, 0.1) is 6.92 Å². The van der Waals surface area contributed by atoms with Crippen molar-refractivity contribution < 1.29 is 14.3 Å². The molecule has 0 fully saturated rings. The number of fused-ring (bicyclic) bond motifs is 1. The predicted octanol–water partition coefficient (Wildman–Crippen LogP) is 3.70. The van der Waals surface area contributed by atoms with Crippen molar-refractivity contribution >= 4 is 22.4 Å². The summed E-state index contributed by atoms with van der Waals surface area (Å²) in [6.45, 7) is 7.29. The van der Waals surface area contributed by atoms with E-state index >= 15 is 0 Å². The molecule has 0 heterocycles. The summed E-state index contributed by atoms with van der Waals surface area (Å²) < 4.78 is 11.1. The molecule has 0 saturated heterocycles. The molecule has 22 heavy (non-hydrogen) atoms. The molecule has 4 nitrogen and oxygen atoms in total. The van der Waals surface area contributed by atoms with E-state index in [4.69, 9.17) is 9.47 Å². The minimum Gasteiger partial charge on any atom is -0.496 e. The van der Waals surface area contributed by atoms with Gasteiger partial charge in [0.1, 0.15) is 5.75 Å². The molecule has 0 N–H and O–H groups in total. The number of rotatable bonds is 4. The maximum absolute atomic E-state index is 12.0. The third kappa shape index (κ3) is 2.91. The maximum atomic E-state index is 12.0. The highest BCUT2D eigenvalue weighted by Crippen LogP contribution is 2.41. The molecule has 0 aliphatic heterocycles. The van der Waals surface area contributed by atoms with Gasteiger partial charge in [0.05, 0.1) is 12.8 Å². The number of carbonyl (C=O) groups excluding carboxylic acids is 1. The van der Waals surface area contributed by atoms with Crippen LogP contribution in [0.2, 0.25) is 0 Å². The predicted molar refractivity (Wildman–Crippen MR) is 90.0 cm³/mol. The molecular formula is C18H21NO3. The first kappa shape index (κ1) is 15.9. The number of aryl methyl sites for hydroxylation is 1. The molecule has 0 aliphatic rings. The van der Waals surface area contributed by atoms with Gasteiger partial charge in [0.25, 0.3) is 0 Å². The van der Waals surface area contributed by atoms with Crippen molar-refractivity contribution in [1.29, 1.82) is 0 Å². The molecule has 0 aromatic heterocycles. The summed E-state index contributed by atoms with van der Waals surface area (Å²) in [7, 11) is 5.43. The van der Waals surface area contributed by atoms with Gasteiger partial charge in [-0.25, -0.2) is 4.79 Å². The monoisotopic (exact) mass is 299 g/mol. The van der Waals surface area contributed by atoms with Crippen molar-refractivity contribution in [3.05, 3.63) is 42.0 Å². The molecule has 0 atom stereocenters. The lowest BCUT2D eigenvalue weighted by molar-refractivity contribution is -0.129. The number of benzene rings is 2. The van der Waals surface area contributed by atoms with Crippen LogP contribution in [0.25, 0.3) is 10.8 Å². The lowest BCUT2D eigenvalue weighted by Gasteiger charge is -2.21. The molecule has 0 radical (unpaired) electrons. The summed E-state index contributed by atoms with van der Waals surface area (Å²) in [6, 6.07) is 7.83. The second kappa shape index (κ2) is 6.10. The number of anilines is 1. The molecule has 2 aromatic carbocycles. The summed E-state index contributed by atoms with van der Waals surface area (Å²) in [5.41, 5.74) is 2.25. The molecule has 0 unspecified atom stereocenters. The van der Waals surface area contributed by atoms with Gasteiger partial charge in [-0.1, -0.05) is 24.3 Å². The number of methoxy groups -OCH3 is 1. The van der Waals surface area contributed by atoms with Crippen molar-refractivity contribution in [2.24, 2.45) is 0 Å². The Balaban J connectivity index is 2.77. The first-order valence-electron chi connectivity index (χ1n) is 7.01. The van der Waals surface area contributed by atoms with E-state index in [1.165, 1.54) is 0 Å². The van der Waals surface area contributed by atoms with Crippen molar-refractivity contribution in [1.82, 2.24) is 0 Å². The number of ether oxygens (including phenoxy) is 2. The van der Waals surface area contributed by atoms with Crippen molar-refractivity contribution in [2.75, 3.05) is 26.1 Å². The molecule has 0 spiro atoms. The van der Waals surface area contributed by atoms with E-state index in [0.29, 0.717) is 11.3 Å². The van der Waals surface area contributed by atoms with E-state index in [1.54, 1.807) is 14.0 Å². The minimum absolute atomic E-state index is 0.362. The van der Waals surface area contributed by atoms with E-state index in [-0.39, 0.29) is 0 Å². The van der Waals surface area contributed by atoms with Crippen LogP contribution in [0.5, 0.6) is 11.5 Å². The van der Waals surface area contributed by atoms with Gasteiger partial charge in [0.15, 0.2) is 5.75 Å². The summed E-state index contributed by atoms with van der Waals surface area (Å²) in [6.07, 6.45) is 0. The molecule has 2 aromatic rings. The average Bonchev–Trinajstić information content (AvgIpc) is 2.46. The molecular weight excluding hydrogens is 278 g/mol. The average molecular weight is 299 g/mol. The van der Waals surface area contributed by atoms with Gasteiger partial charge in [-0.15, -0.1) is 0 Å². The zero-order valence-electron chi connectivity index (χ0n) is 13.7. The Bertz CT molecular complexity index is 748. The van der Waals surface area contributed by atoms with Gasteiger partial charge in [-0.05, 0) is 19.9 Å². The number of esters is 1. The van der Waals surface area contributed by atoms with Crippen molar-refractivity contribution in [2.45, 2.75) is 13.8 Å². The van der Waals surface area contributed by atoms with E-state index in [0.717, 1.165) is 27.8 Å². The number of nitrogens with zero attached hydrogens (tertiary/aromatic N) is 1. The van der Waals surface area contributed by atoms with Crippen LogP contribution < -0.4 is 14.4 Å². The second-order valence-corrected chi connectivity index (χ2v) is 5.54. The summed E-state index contributed by atoms with van der Waals surface area (Å²) in [5, 5.41) is 1.75. The number of carbonyl (C=O) groups is 1. The van der Waals surface area contributed by atoms with Gasteiger partial charge in [-0.3, -0.25) is 0 Å². The third-order valence-corrected chi connectivity index (χ3v) is 3.43. The Hall–Kier alpha value is -2.49. The molecule has 0 saturated carbocycles. The third-order valence-electron chi connectivity index (χ3n) is 3.43. The fourth-order valence-corrected chi connectivity index (χ4v) is 2.25. The van der Waals surface area contributed by atoms with E-state index in [1.807, 2.05) is 50.2 Å². The van der Waals surface area contributed by atoms with Crippen LogP contribution in [-0.2, 0) is 4.79 Å². The van der Waals surface area contributed by atoms with Gasteiger partial charge in [-0.2, -0.15) is 0 Å². The maximum Gasteiger partial charge on any atom is 0.338 e. The van der Waals surface area contributed by atoms with Gasteiger partial charge in [0, 0.05) is 36.5 Å². The minimum atomic E-state index is -0.435. The van der Waals surface area contributed by atoms with Crippen LogP contribution in [0.15, 0.2) is 36.4 Å². The van der Waals surface area contributed by atoms with Gasteiger partial charge >= 0.3 is 5.97 Å². The lowest BCUT2D eigenvalue weighted by atomic mass is 10.0. The second-order valence-electron chi connectivity index (χ2n) is 5.54. The highest BCUT2D eigenvalue weighted by atomic mass is 16.5. The largest absolute Gasteiger partial charge is 0.496 e. The Kier molecular flexibility index (Phi) is 4.40. The molecule has 2 rings (SSSR count). The zero-order chi connectivity index (χ0) is 16.4. The normalized spacial score (nSPS) is 10.4. The topological polar surface area (TPSA) is 38.8 Å². The van der Waals surface area contributed by atoms with Crippen LogP contribution in [0.3, 0.4) is 0 Å². The van der Waals surface area contributed by atoms with Gasteiger partial charge < -0.3 is 14.4 Å². The zero-order valence-corrected chi connectivity index (χ0v) is 13.7. The Labute approximate surface area is 130 Å². The molecule has 0 bridgehead atoms.